The number of amides is 2. The largest absolute Gasteiger partial charge is 0.279 e. The van der Waals surface area contributed by atoms with Gasteiger partial charge in [-0.3, -0.25) is 14.8 Å². The third-order valence-corrected chi connectivity index (χ3v) is 1.50. The molecule has 10 heavy (non-hydrogen) atoms. The Bertz CT molecular complexity index is 148. The highest BCUT2D eigenvalue weighted by Gasteiger charge is 2.21. The van der Waals surface area contributed by atoms with Crippen LogP contribution in [0.25, 0.3) is 0 Å². The predicted molar refractivity (Wildman–Crippen MR) is 32.1 cm³/mol. The Balaban J connectivity index is 2.64. The van der Waals surface area contributed by atoms with Crippen LogP contribution in [0.1, 0.15) is 25.7 Å². The predicted octanol–water partition coefficient (Wildman–Crippen LogP) is 0.305. The number of carbonyl (C=O) groups is 2. The Kier molecular flexibility index (Phi) is 2.01. The first-order chi connectivity index (χ1) is 4.72. The molecule has 1 heterocycles. The van der Waals surface area contributed by atoms with Crippen LogP contribution in [0, 0.1) is 0 Å². The van der Waals surface area contributed by atoms with Gasteiger partial charge in [0.05, 0.1) is 0 Å². The molecule has 4 nitrogen and oxygen atoms in total. The van der Waals surface area contributed by atoms with Gasteiger partial charge >= 0.3 is 0 Å². The molecular formula is C6H9NO3. The lowest BCUT2D eigenvalue weighted by molar-refractivity contribution is -0.177. The normalized spacial score (nSPS) is 21.1. The average Bonchev–Trinajstić information content (AvgIpc) is 2.04. The standard InChI is InChI=1S/C6H9NO3/c8-5-3-1-2-4-6(9)7(5)10/h10H,1-4H2. The molecule has 1 fully saturated rings. The Morgan fingerprint density at radius 1 is 1.10 bits per heavy atom. The molecule has 56 valence electrons. The van der Waals surface area contributed by atoms with Crippen LogP contribution in [0.2, 0.25) is 0 Å². The first-order valence-electron chi connectivity index (χ1n) is 3.26. The van der Waals surface area contributed by atoms with Crippen LogP contribution >= 0.6 is 0 Å². The van der Waals surface area contributed by atoms with Crippen molar-refractivity contribution in [2.75, 3.05) is 0 Å². The lowest BCUT2D eigenvalue weighted by atomic mass is 10.2. The van der Waals surface area contributed by atoms with Gasteiger partial charge in [0.1, 0.15) is 0 Å². The molecule has 0 saturated carbocycles. The quantitative estimate of drug-likeness (QED) is 0.392. The van der Waals surface area contributed by atoms with Crippen molar-refractivity contribution in [1.82, 2.24) is 5.06 Å². The summed E-state index contributed by atoms with van der Waals surface area (Å²) in [4.78, 5) is 21.4. The molecule has 0 unspecified atom stereocenters. The minimum atomic E-state index is -0.484. The smallest absolute Gasteiger partial charge is 0.253 e. The summed E-state index contributed by atoms with van der Waals surface area (Å²) < 4.78 is 0. The summed E-state index contributed by atoms with van der Waals surface area (Å²) in [6.07, 6.45) is 1.95. The summed E-state index contributed by atoms with van der Waals surface area (Å²) in [6.45, 7) is 0. The van der Waals surface area contributed by atoms with Crippen LogP contribution in [0.15, 0.2) is 0 Å². The summed E-state index contributed by atoms with van der Waals surface area (Å²) in [6, 6.07) is 0. The van der Waals surface area contributed by atoms with Gasteiger partial charge in [-0.15, -0.1) is 0 Å². The van der Waals surface area contributed by atoms with Crippen molar-refractivity contribution in [3.05, 3.63) is 0 Å². The van der Waals surface area contributed by atoms with Crippen LogP contribution in [0.4, 0.5) is 0 Å². The summed E-state index contributed by atoms with van der Waals surface area (Å²) in [5, 5.41) is 8.99. The number of imide groups is 1. The second-order valence-electron chi connectivity index (χ2n) is 2.31. The molecule has 2 amide bonds. The topological polar surface area (TPSA) is 57.6 Å². The van der Waals surface area contributed by atoms with Gasteiger partial charge in [0.2, 0.25) is 0 Å². The van der Waals surface area contributed by atoms with Crippen molar-refractivity contribution in [2.24, 2.45) is 0 Å². The summed E-state index contributed by atoms with van der Waals surface area (Å²) in [7, 11) is 0. The van der Waals surface area contributed by atoms with Crippen molar-refractivity contribution < 1.29 is 14.8 Å². The van der Waals surface area contributed by atoms with E-state index in [0.29, 0.717) is 12.8 Å². The van der Waals surface area contributed by atoms with Crippen molar-refractivity contribution in [3.63, 3.8) is 0 Å². The molecule has 4 heteroatoms. The molecule has 0 bridgehead atoms. The molecule has 0 aromatic carbocycles. The molecule has 0 atom stereocenters. The summed E-state index contributed by atoms with van der Waals surface area (Å²) >= 11 is 0. The minimum absolute atomic E-state index is 0.229. The van der Waals surface area contributed by atoms with Crippen molar-refractivity contribution in [1.29, 1.82) is 0 Å². The highest BCUT2D eigenvalue weighted by molar-refractivity contribution is 5.94. The van der Waals surface area contributed by atoms with Gasteiger partial charge in [0, 0.05) is 12.8 Å². The Hall–Kier alpha value is -0.900. The van der Waals surface area contributed by atoms with Gasteiger partial charge in [-0.2, -0.15) is 5.06 Å². The summed E-state index contributed by atoms with van der Waals surface area (Å²) in [5.74, 6) is -0.968. The zero-order valence-electron chi connectivity index (χ0n) is 5.54. The minimum Gasteiger partial charge on any atom is -0.279 e. The number of hydroxylamine groups is 2. The number of hydrogen-bond acceptors (Lipinski definition) is 3. The Labute approximate surface area is 58.4 Å². The molecule has 1 aliphatic rings. The molecule has 0 aliphatic carbocycles. The van der Waals surface area contributed by atoms with Crippen LogP contribution in [-0.2, 0) is 9.59 Å². The second-order valence-corrected chi connectivity index (χ2v) is 2.31. The number of nitrogens with zero attached hydrogens (tertiary/aromatic N) is 1. The molecule has 0 radical (unpaired) electrons. The zero-order chi connectivity index (χ0) is 7.56. The molecule has 1 aliphatic heterocycles. The van der Waals surface area contributed by atoms with E-state index in [1.54, 1.807) is 0 Å². The van der Waals surface area contributed by atoms with Crippen molar-refractivity contribution in [3.8, 4) is 0 Å². The number of hydrogen-bond donors (Lipinski definition) is 1. The van der Waals surface area contributed by atoms with Crippen molar-refractivity contribution in [2.45, 2.75) is 25.7 Å². The van der Waals surface area contributed by atoms with Crippen LogP contribution in [-0.4, -0.2) is 22.1 Å². The van der Waals surface area contributed by atoms with E-state index < -0.39 is 11.8 Å². The monoisotopic (exact) mass is 143 g/mol. The SMILES string of the molecule is O=C1CCCCC(=O)N1O. The molecule has 0 spiro atoms. The lowest BCUT2D eigenvalue weighted by Gasteiger charge is -2.07. The van der Waals surface area contributed by atoms with E-state index in [1.165, 1.54) is 0 Å². The van der Waals surface area contributed by atoms with Gasteiger partial charge in [-0.25, -0.2) is 0 Å². The van der Waals surface area contributed by atoms with Gasteiger partial charge in [-0.1, -0.05) is 0 Å². The highest BCUT2D eigenvalue weighted by Crippen LogP contribution is 2.09. The molecule has 1 saturated heterocycles. The van der Waals surface area contributed by atoms with Gasteiger partial charge in [0.25, 0.3) is 11.8 Å². The third-order valence-electron chi connectivity index (χ3n) is 1.50. The van der Waals surface area contributed by atoms with E-state index in [1.807, 2.05) is 0 Å². The van der Waals surface area contributed by atoms with Crippen LogP contribution < -0.4 is 0 Å². The summed E-state index contributed by atoms with van der Waals surface area (Å²) in [5.41, 5.74) is 0. The van der Waals surface area contributed by atoms with Crippen LogP contribution in [0.3, 0.4) is 0 Å². The Morgan fingerprint density at radius 2 is 1.50 bits per heavy atom. The lowest BCUT2D eigenvalue weighted by Crippen LogP contribution is -2.31. The maximum atomic E-state index is 10.7. The number of carbonyl (C=O) groups excluding carboxylic acids is 2. The molecule has 1 N–H and O–H groups in total. The maximum absolute atomic E-state index is 10.7. The van der Waals surface area contributed by atoms with E-state index >= 15 is 0 Å². The van der Waals surface area contributed by atoms with Gasteiger partial charge in [0.15, 0.2) is 0 Å². The fraction of sp³-hybridized carbons (Fsp3) is 0.667. The molecule has 1 rings (SSSR count). The van der Waals surface area contributed by atoms with Gasteiger partial charge in [-0.05, 0) is 12.8 Å². The zero-order valence-corrected chi connectivity index (χ0v) is 5.54. The van der Waals surface area contributed by atoms with E-state index in [9.17, 15) is 9.59 Å². The molecule has 0 aromatic rings. The first-order valence-corrected chi connectivity index (χ1v) is 3.26. The second kappa shape index (κ2) is 2.79. The fourth-order valence-corrected chi connectivity index (χ4v) is 0.903. The third kappa shape index (κ3) is 1.33. The molecular weight excluding hydrogens is 134 g/mol. The Morgan fingerprint density at radius 3 is 1.90 bits per heavy atom. The van der Waals surface area contributed by atoms with E-state index in [-0.39, 0.29) is 17.9 Å². The van der Waals surface area contributed by atoms with E-state index in [2.05, 4.69) is 0 Å². The van der Waals surface area contributed by atoms with E-state index in [4.69, 9.17) is 5.21 Å². The van der Waals surface area contributed by atoms with E-state index in [0.717, 1.165) is 0 Å². The number of rotatable bonds is 0. The van der Waals surface area contributed by atoms with Gasteiger partial charge < -0.3 is 0 Å². The first kappa shape index (κ1) is 7.21. The molecule has 0 aromatic heterocycles. The van der Waals surface area contributed by atoms with Crippen molar-refractivity contribution >= 4 is 11.8 Å². The van der Waals surface area contributed by atoms with Crippen LogP contribution in [0.5, 0.6) is 0 Å². The average molecular weight is 143 g/mol. The highest BCUT2D eigenvalue weighted by atomic mass is 16.5. The fourth-order valence-electron chi connectivity index (χ4n) is 0.903. The maximum Gasteiger partial charge on any atom is 0.253 e.